The first-order valence-electron chi connectivity index (χ1n) is 5.17. The summed E-state index contributed by atoms with van der Waals surface area (Å²) in [6.07, 6.45) is 3.57. The SMILES string of the molecule is Cn1ccnc1CNC(=O)c1cccc(I)c1. The zero-order valence-corrected chi connectivity index (χ0v) is 11.5. The molecule has 1 N–H and O–H groups in total. The Hall–Kier alpha value is -1.37. The number of aromatic nitrogens is 2. The quantitative estimate of drug-likeness (QED) is 0.868. The second-order valence-corrected chi connectivity index (χ2v) is 4.89. The molecule has 0 bridgehead atoms. The lowest BCUT2D eigenvalue weighted by atomic mass is 10.2. The Bertz CT molecular complexity index is 536. The van der Waals surface area contributed by atoms with Gasteiger partial charge in [-0.1, -0.05) is 6.07 Å². The van der Waals surface area contributed by atoms with E-state index in [1.165, 1.54) is 0 Å². The molecule has 1 amide bonds. The summed E-state index contributed by atoms with van der Waals surface area (Å²) in [5, 5.41) is 2.84. The lowest BCUT2D eigenvalue weighted by Gasteiger charge is -2.05. The fourth-order valence-electron chi connectivity index (χ4n) is 1.46. The lowest BCUT2D eigenvalue weighted by molar-refractivity contribution is 0.0949. The summed E-state index contributed by atoms with van der Waals surface area (Å²) in [5.74, 6) is 0.760. The molecule has 0 atom stereocenters. The van der Waals surface area contributed by atoms with Gasteiger partial charge in [-0.2, -0.15) is 0 Å². The van der Waals surface area contributed by atoms with E-state index in [2.05, 4.69) is 32.9 Å². The van der Waals surface area contributed by atoms with Gasteiger partial charge in [0.15, 0.2) is 0 Å². The number of benzene rings is 1. The summed E-state index contributed by atoms with van der Waals surface area (Å²) >= 11 is 2.19. The van der Waals surface area contributed by atoms with Crippen LogP contribution in [0, 0.1) is 3.57 Å². The average Bonchev–Trinajstić information content (AvgIpc) is 2.72. The molecule has 0 saturated carbocycles. The van der Waals surface area contributed by atoms with Crippen molar-refractivity contribution in [1.29, 1.82) is 0 Å². The van der Waals surface area contributed by atoms with Crippen LogP contribution >= 0.6 is 22.6 Å². The molecule has 2 rings (SSSR count). The van der Waals surface area contributed by atoms with Crippen LogP contribution in [0.15, 0.2) is 36.7 Å². The van der Waals surface area contributed by atoms with Crippen molar-refractivity contribution in [2.24, 2.45) is 7.05 Å². The number of rotatable bonds is 3. The maximum absolute atomic E-state index is 11.9. The predicted octanol–water partition coefficient (Wildman–Crippen LogP) is 1.95. The predicted molar refractivity (Wildman–Crippen MR) is 73.5 cm³/mol. The highest BCUT2D eigenvalue weighted by molar-refractivity contribution is 14.1. The van der Waals surface area contributed by atoms with Gasteiger partial charge in [-0.3, -0.25) is 4.79 Å². The molecule has 4 nitrogen and oxygen atoms in total. The first-order valence-corrected chi connectivity index (χ1v) is 6.24. The Morgan fingerprint density at radius 3 is 3.00 bits per heavy atom. The molecule has 0 radical (unpaired) electrons. The summed E-state index contributed by atoms with van der Waals surface area (Å²) in [6.45, 7) is 0.438. The summed E-state index contributed by atoms with van der Waals surface area (Å²) in [7, 11) is 1.90. The van der Waals surface area contributed by atoms with Gasteiger partial charge >= 0.3 is 0 Å². The molecule has 1 heterocycles. The van der Waals surface area contributed by atoms with Crippen LogP contribution in [0.4, 0.5) is 0 Å². The van der Waals surface area contributed by atoms with Crippen molar-refractivity contribution < 1.29 is 4.79 Å². The standard InChI is InChI=1S/C12H12IN3O/c1-16-6-5-14-11(16)8-15-12(17)9-3-2-4-10(13)7-9/h2-7H,8H2,1H3,(H,15,17). The zero-order chi connectivity index (χ0) is 12.3. The number of nitrogens with one attached hydrogen (secondary N) is 1. The van der Waals surface area contributed by atoms with Gasteiger partial charge in [0.1, 0.15) is 5.82 Å². The molecule has 0 saturated heterocycles. The molecular weight excluding hydrogens is 329 g/mol. The highest BCUT2D eigenvalue weighted by Gasteiger charge is 2.06. The molecule has 0 aliphatic heterocycles. The van der Waals surface area contributed by atoms with Crippen molar-refractivity contribution in [3.63, 3.8) is 0 Å². The number of hydrogen-bond acceptors (Lipinski definition) is 2. The number of nitrogens with zero attached hydrogens (tertiary/aromatic N) is 2. The minimum absolute atomic E-state index is 0.0773. The highest BCUT2D eigenvalue weighted by Crippen LogP contribution is 2.07. The molecule has 0 aliphatic rings. The topological polar surface area (TPSA) is 46.9 Å². The van der Waals surface area contributed by atoms with Crippen LogP contribution < -0.4 is 5.32 Å². The smallest absolute Gasteiger partial charge is 0.251 e. The van der Waals surface area contributed by atoms with Crippen molar-refractivity contribution >= 4 is 28.5 Å². The summed E-state index contributed by atoms with van der Waals surface area (Å²) < 4.78 is 2.93. The first-order chi connectivity index (χ1) is 8.16. The van der Waals surface area contributed by atoms with Gasteiger partial charge in [0, 0.05) is 28.6 Å². The van der Waals surface area contributed by atoms with Crippen molar-refractivity contribution in [2.45, 2.75) is 6.54 Å². The van der Waals surface area contributed by atoms with Gasteiger partial charge in [0.25, 0.3) is 5.91 Å². The molecule has 0 aliphatic carbocycles. The molecular formula is C12H12IN3O. The van der Waals surface area contributed by atoms with Gasteiger partial charge in [-0.25, -0.2) is 4.98 Å². The van der Waals surface area contributed by atoms with E-state index in [0.717, 1.165) is 9.39 Å². The molecule has 0 unspecified atom stereocenters. The highest BCUT2D eigenvalue weighted by atomic mass is 127. The van der Waals surface area contributed by atoms with E-state index in [0.29, 0.717) is 12.1 Å². The zero-order valence-electron chi connectivity index (χ0n) is 9.35. The maximum Gasteiger partial charge on any atom is 0.251 e. The molecule has 88 valence electrons. The number of hydrogen-bond donors (Lipinski definition) is 1. The molecule has 0 fully saturated rings. The van der Waals surface area contributed by atoms with Gasteiger partial charge in [-0.15, -0.1) is 0 Å². The maximum atomic E-state index is 11.9. The third kappa shape index (κ3) is 3.06. The summed E-state index contributed by atoms with van der Waals surface area (Å²) in [5.41, 5.74) is 0.672. The van der Waals surface area contributed by atoms with Crippen molar-refractivity contribution in [1.82, 2.24) is 14.9 Å². The normalized spacial score (nSPS) is 10.2. The molecule has 1 aromatic heterocycles. The summed E-state index contributed by atoms with van der Waals surface area (Å²) in [4.78, 5) is 16.0. The number of imidazole rings is 1. The molecule has 17 heavy (non-hydrogen) atoms. The van der Waals surface area contributed by atoms with Crippen LogP contribution in [0.3, 0.4) is 0 Å². The van der Waals surface area contributed by atoms with Crippen LogP contribution in [0.5, 0.6) is 0 Å². The van der Waals surface area contributed by atoms with E-state index in [9.17, 15) is 4.79 Å². The Morgan fingerprint density at radius 1 is 1.53 bits per heavy atom. The fourth-order valence-corrected chi connectivity index (χ4v) is 2.00. The molecule has 5 heteroatoms. The summed E-state index contributed by atoms with van der Waals surface area (Å²) in [6, 6.07) is 7.48. The van der Waals surface area contributed by atoms with Gasteiger partial charge < -0.3 is 9.88 Å². The number of aryl methyl sites for hydroxylation is 1. The Kier molecular flexibility index (Phi) is 3.78. The van der Waals surface area contributed by atoms with Crippen LogP contribution in [0.25, 0.3) is 0 Å². The average molecular weight is 341 g/mol. The second-order valence-electron chi connectivity index (χ2n) is 3.65. The van der Waals surface area contributed by atoms with Crippen molar-refractivity contribution in [3.05, 3.63) is 51.6 Å². The number of carbonyl (C=O) groups excluding carboxylic acids is 1. The monoisotopic (exact) mass is 341 g/mol. The van der Waals surface area contributed by atoms with Crippen molar-refractivity contribution in [2.75, 3.05) is 0 Å². The van der Waals surface area contributed by atoms with Crippen LogP contribution in [-0.4, -0.2) is 15.5 Å². The van der Waals surface area contributed by atoms with E-state index in [1.54, 1.807) is 12.3 Å². The fraction of sp³-hybridized carbons (Fsp3) is 0.167. The Balaban J connectivity index is 2.01. The van der Waals surface area contributed by atoms with Gasteiger partial charge in [0.05, 0.1) is 6.54 Å². The van der Waals surface area contributed by atoms with Crippen molar-refractivity contribution in [3.8, 4) is 0 Å². The third-order valence-electron chi connectivity index (χ3n) is 2.41. The number of carbonyl (C=O) groups is 1. The largest absolute Gasteiger partial charge is 0.345 e. The van der Waals surface area contributed by atoms with E-state index < -0.39 is 0 Å². The Morgan fingerprint density at radius 2 is 2.35 bits per heavy atom. The first kappa shape index (κ1) is 12.1. The van der Waals surface area contributed by atoms with Crippen LogP contribution in [0.2, 0.25) is 0 Å². The van der Waals surface area contributed by atoms with Crippen LogP contribution in [0.1, 0.15) is 16.2 Å². The molecule has 1 aromatic carbocycles. The second kappa shape index (κ2) is 5.31. The third-order valence-corrected chi connectivity index (χ3v) is 3.09. The minimum atomic E-state index is -0.0773. The van der Waals surface area contributed by atoms with E-state index in [-0.39, 0.29) is 5.91 Å². The number of halogens is 1. The minimum Gasteiger partial charge on any atom is -0.345 e. The van der Waals surface area contributed by atoms with E-state index in [1.807, 2.05) is 36.0 Å². The van der Waals surface area contributed by atoms with Crippen LogP contribution in [-0.2, 0) is 13.6 Å². The van der Waals surface area contributed by atoms with Gasteiger partial charge in [-0.05, 0) is 40.8 Å². The van der Waals surface area contributed by atoms with Gasteiger partial charge in [0.2, 0.25) is 0 Å². The Labute approximate surface area is 113 Å². The lowest BCUT2D eigenvalue weighted by Crippen LogP contribution is -2.24. The molecule has 0 spiro atoms. The number of amides is 1. The molecule has 2 aromatic rings. The van der Waals surface area contributed by atoms with E-state index in [4.69, 9.17) is 0 Å². The van der Waals surface area contributed by atoms with E-state index >= 15 is 0 Å².